The molecule has 6 heteroatoms. The largest absolute Gasteiger partial charge is 0.472 e. The lowest BCUT2D eigenvalue weighted by Crippen LogP contribution is -2.14. The van der Waals surface area contributed by atoms with Gasteiger partial charge in [-0.25, -0.2) is 4.79 Å². The highest BCUT2D eigenvalue weighted by molar-refractivity contribution is 5.87. The molecule has 0 spiro atoms. The van der Waals surface area contributed by atoms with Gasteiger partial charge in [-0.3, -0.25) is 4.79 Å². The van der Waals surface area contributed by atoms with E-state index in [1.54, 1.807) is 24.3 Å². The average Bonchev–Trinajstić information content (AvgIpc) is 3.26. The number of nitrogens with zero attached hydrogens (tertiary/aromatic N) is 1. The molecule has 1 aliphatic rings. The Kier molecular flexibility index (Phi) is 5.57. The highest BCUT2D eigenvalue weighted by atomic mass is 16.5. The summed E-state index contributed by atoms with van der Waals surface area (Å²) < 4.78 is 11.2. The second-order valence-corrected chi connectivity index (χ2v) is 7.28. The molecule has 0 radical (unpaired) electrons. The average molecular weight is 389 g/mol. The SMILES string of the molecule is CC1(C)[C@H](C(=O)O[C@H](C#N)c2cccc(Oc3ccccc3)c2)[C@@H]1C#CC(=O)O. The number of hydrogen-bond acceptors (Lipinski definition) is 5. The Morgan fingerprint density at radius 1 is 1.10 bits per heavy atom. The number of carboxylic acid groups (broad SMARTS) is 1. The Morgan fingerprint density at radius 3 is 2.45 bits per heavy atom. The second kappa shape index (κ2) is 8.08. The molecule has 29 heavy (non-hydrogen) atoms. The zero-order valence-corrected chi connectivity index (χ0v) is 16.0. The van der Waals surface area contributed by atoms with Gasteiger partial charge in [-0.2, -0.15) is 5.26 Å². The molecule has 0 aromatic heterocycles. The molecule has 6 nitrogen and oxygen atoms in total. The quantitative estimate of drug-likeness (QED) is 0.614. The van der Waals surface area contributed by atoms with Crippen molar-refractivity contribution in [3.63, 3.8) is 0 Å². The Morgan fingerprint density at radius 2 is 1.79 bits per heavy atom. The van der Waals surface area contributed by atoms with Crippen molar-refractivity contribution in [2.24, 2.45) is 17.3 Å². The summed E-state index contributed by atoms with van der Waals surface area (Å²) in [6.07, 6.45) is -1.11. The topological polar surface area (TPSA) is 96.6 Å². The zero-order valence-electron chi connectivity index (χ0n) is 16.0. The fourth-order valence-electron chi connectivity index (χ4n) is 3.21. The fraction of sp³-hybridized carbons (Fsp3) is 0.261. The van der Waals surface area contributed by atoms with Crippen molar-refractivity contribution in [3.8, 4) is 29.4 Å². The van der Waals surface area contributed by atoms with E-state index in [0.717, 1.165) is 0 Å². The molecule has 0 unspecified atom stereocenters. The van der Waals surface area contributed by atoms with Crippen LogP contribution in [0.5, 0.6) is 11.5 Å². The lowest BCUT2D eigenvalue weighted by molar-refractivity contribution is -0.149. The van der Waals surface area contributed by atoms with Crippen LogP contribution in [0, 0.1) is 40.4 Å². The summed E-state index contributed by atoms with van der Waals surface area (Å²) in [5, 5.41) is 18.2. The van der Waals surface area contributed by atoms with E-state index in [1.165, 1.54) is 0 Å². The first-order valence-corrected chi connectivity index (χ1v) is 9.00. The number of nitriles is 1. The van der Waals surface area contributed by atoms with E-state index in [4.69, 9.17) is 14.6 Å². The molecule has 0 amide bonds. The minimum absolute atomic E-state index is 0.418. The Labute approximate surface area is 168 Å². The normalized spacial score (nSPS) is 19.6. The number of esters is 1. The number of hydrogen-bond donors (Lipinski definition) is 1. The van der Waals surface area contributed by atoms with Crippen LogP contribution in [0.1, 0.15) is 25.5 Å². The van der Waals surface area contributed by atoms with E-state index in [0.29, 0.717) is 17.1 Å². The number of carbonyl (C=O) groups excluding carboxylic acids is 1. The number of para-hydroxylation sites is 1. The molecular weight excluding hydrogens is 370 g/mol. The van der Waals surface area contributed by atoms with Crippen LogP contribution < -0.4 is 4.74 Å². The summed E-state index contributed by atoms with van der Waals surface area (Å²) in [4.78, 5) is 23.2. The molecule has 0 saturated heterocycles. The predicted molar refractivity (Wildman–Crippen MR) is 104 cm³/mol. The van der Waals surface area contributed by atoms with Gasteiger partial charge < -0.3 is 14.6 Å². The minimum Gasteiger partial charge on any atom is -0.472 e. The number of benzene rings is 2. The summed E-state index contributed by atoms with van der Waals surface area (Å²) in [7, 11) is 0. The highest BCUT2D eigenvalue weighted by Crippen LogP contribution is 2.58. The third-order valence-corrected chi connectivity index (χ3v) is 4.91. The number of carbonyl (C=O) groups is 2. The summed E-state index contributed by atoms with van der Waals surface area (Å²) in [6, 6.07) is 18.0. The van der Waals surface area contributed by atoms with Crippen LogP contribution in [0.3, 0.4) is 0 Å². The van der Waals surface area contributed by atoms with E-state index >= 15 is 0 Å². The van der Waals surface area contributed by atoms with Gasteiger partial charge in [0.2, 0.25) is 6.10 Å². The van der Waals surface area contributed by atoms with Crippen LogP contribution in [0.25, 0.3) is 0 Å². The Bertz CT molecular complexity index is 1030. The molecule has 1 fully saturated rings. The zero-order chi connectivity index (χ0) is 21.0. The molecule has 2 aromatic carbocycles. The number of ether oxygens (including phenoxy) is 2. The van der Waals surface area contributed by atoms with Crippen LogP contribution >= 0.6 is 0 Å². The third kappa shape index (κ3) is 4.56. The predicted octanol–water partition coefficient (Wildman–Crippen LogP) is 3.95. The number of rotatable bonds is 5. The van der Waals surface area contributed by atoms with Gasteiger partial charge in [0.1, 0.15) is 17.6 Å². The van der Waals surface area contributed by atoms with Crippen molar-refractivity contribution in [2.75, 3.05) is 0 Å². The summed E-state index contributed by atoms with van der Waals surface area (Å²) in [5.41, 5.74) is -0.0152. The molecule has 3 atom stereocenters. The lowest BCUT2D eigenvalue weighted by Gasteiger charge is -2.13. The van der Waals surface area contributed by atoms with Gasteiger partial charge in [0.05, 0.1) is 5.92 Å². The minimum atomic E-state index is -1.25. The van der Waals surface area contributed by atoms with Crippen LogP contribution in [0.15, 0.2) is 54.6 Å². The molecule has 146 valence electrons. The van der Waals surface area contributed by atoms with Gasteiger partial charge in [-0.15, -0.1) is 0 Å². The van der Waals surface area contributed by atoms with Gasteiger partial charge in [0.15, 0.2) is 0 Å². The number of aliphatic carboxylic acids is 1. The van der Waals surface area contributed by atoms with Crippen LogP contribution in [0.4, 0.5) is 0 Å². The smallest absolute Gasteiger partial charge is 0.381 e. The Hall–Kier alpha value is -3.77. The molecule has 1 saturated carbocycles. The van der Waals surface area contributed by atoms with Crippen molar-refractivity contribution < 1.29 is 24.2 Å². The molecule has 2 aromatic rings. The highest BCUT2D eigenvalue weighted by Gasteiger charge is 2.62. The van der Waals surface area contributed by atoms with E-state index in [-0.39, 0.29) is 0 Å². The van der Waals surface area contributed by atoms with E-state index in [9.17, 15) is 14.9 Å². The first-order chi connectivity index (χ1) is 13.8. The maximum atomic E-state index is 12.6. The standard InChI is InChI=1S/C23H19NO5/c1-23(2)18(11-12-20(25)26)21(23)22(27)29-19(14-24)15-7-6-10-17(13-15)28-16-8-4-3-5-9-16/h3-10,13,18-19,21H,1-2H3,(H,25,26)/t18-,19+,21-/m0/s1. The van der Waals surface area contributed by atoms with Gasteiger partial charge in [0, 0.05) is 17.4 Å². The summed E-state index contributed by atoms with van der Waals surface area (Å²) in [5.74, 6) is 3.00. The molecule has 1 N–H and O–H groups in total. The van der Waals surface area contributed by atoms with E-state index < -0.39 is 35.3 Å². The lowest BCUT2D eigenvalue weighted by atomic mass is 10.1. The van der Waals surface area contributed by atoms with Gasteiger partial charge in [0.25, 0.3) is 0 Å². The fourth-order valence-corrected chi connectivity index (χ4v) is 3.21. The first kappa shape index (κ1) is 20.0. The maximum Gasteiger partial charge on any atom is 0.381 e. The van der Waals surface area contributed by atoms with Gasteiger partial charge >= 0.3 is 11.9 Å². The molecule has 0 bridgehead atoms. The molecule has 0 aliphatic heterocycles. The van der Waals surface area contributed by atoms with Crippen molar-refractivity contribution in [3.05, 3.63) is 60.2 Å². The third-order valence-electron chi connectivity index (χ3n) is 4.91. The van der Waals surface area contributed by atoms with Gasteiger partial charge in [-0.1, -0.05) is 50.1 Å². The monoisotopic (exact) mass is 389 g/mol. The molecule has 3 rings (SSSR count). The van der Waals surface area contributed by atoms with Crippen molar-refractivity contribution >= 4 is 11.9 Å². The molecule has 1 aliphatic carbocycles. The summed E-state index contributed by atoms with van der Waals surface area (Å²) in [6.45, 7) is 3.63. The Balaban J connectivity index is 1.72. The second-order valence-electron chi connectivity index (χ2n) is 7.28. The van der Waals surface area contributed by atoms with E-state index in [2.05, 4.69) is 11.8 Å². The van der Waals surface area contributed by atoms with Gasteiger partial charge in [-0.05, 0) is 29.7 Å². The van der Waals surface area contributed by atoms with Crippen LogP contribution in [-0.2, 0) is 14.3 Å². The first-order valence-electron chi connectivity index (χ1n) is 9.00. The molecular formula is C23H19NO5. The summed E-state index contributed by atoms with van der Waals surface area (Å²) >= 11 is 0. The van der Waals surface area contributed by atoms with Crippen molar-refractivity contribution in [1.29, 1.82) is 5.26 Å². The van der Waals surface area contributed by atoms with Crippen LogP contribution in [-0.4, -0.2) is 17.0 Å². The van der Waals surface area contributed by atoms with Crippen molar-refractivity contribution in [2.45, 2.75) is 20.0 Å². The maximum absolute atomic E-state index is 12.6. The van der Waals surface area contributed by atoms with Crippen LogP contribution in [0.2, 0.25) is 0 Å². The number of carboxylic acids is 1. The van der Waals surface area contributed by atoms with Crippen molar-refractivity contribution in [1.82, 2.24) is 0 Å². The molecule has 0 heterocycles. The van der Waals surface area contributed by atoms with E-state index in [1.807, 2.05) is 50.2 Å².